The second kappa shape index (κ2) is 9.72. The van der Waals surface area contributed by atoms with E-state index in [0.29, 0.717) is 5.69 Å². The minimum Gasteiger partial charge on any atom is -0.454 e. The Hall–Kier alpha value is -3.23. The molecule has 0 unspecified atom stereocenters. The van der Waals surface area contributed by atoms with E-state index in [-0.39, 0.29) is 10.8 Å². The van der Waals surface area contributed by atoms with E-state index in [4.69, 9.17) is 4.74 Å². The summed E-state index contributed by atoms with van der Waals surface area (Å²) in [6.07, 6.45) is 0. The van der Waals surface area contributed by atoms with Gasteiger partial charge < -0.3 is 10.1 Å². The van der Waals surface area contributed by atoms with Crippen molar-refractivity contribution in [2.45, 2.75) is 24.8 Å². The van der Waals surface area contributed by atoms with E-state index in [0.717, 1.165) is 10.8 Å². The number of sulfonamides is 1. The SMILES string of the molecule is CC(C)[C@H](NS(=O)(=O)c1ccccc1)C(=O)OCC(=O)Nc1cccc2ccccc12. The van der Waals surface area contributed by atoms with Crippen LogP contribution >= 0.6 is 0 Å². The maximum absolute atomic E-state index is 12.6. The normalized spacial score (nSPS) is 12.5. The highest BCUT2D eigenvalue weighted by Crippen LogP contribution is 2.22. The molecule has 0 bridgehead atoms. The first kappa shape index (κ1) is 22.5. The minimum absolute atomic E-state index is 0.0437. The molecule has 162 valence electrons. The summed E-state index contributed by atoms with van der Waals surface area (Å²) in [7, 11) is -3.91. The minimum atomic E-state index is -3.91. The lowest BCUT2D eigenvalue weighted by Crippen LogP contribution is -2.45. The summed E-state index contributed by atoms with van der Waals surface area (Å²) < 4.78 is 32.6. The molecule has 0 aromatic heterocycles. The van der Waals surface area contributed by atoms with Crippen molar-refractivity contribution in [3.63, 3.8) is 0 Å². The van der Waals surface area contributed by atoms with Crippen molar-refractivity contribution in [2.24, 2.45) is 5.92 Å². The van der Waals surface area contributed by atoms with Gasteiger partial charge in [-0.15, -0.1) is 0 Å². The Bertz CT molecular complexity index is 1170. The van der Waals surface area contributed by atoms with Gasteiger partial charge in [-0.25, -0.2) is 8.42 Å². The molecule has 2 N–H and O–H groups in total. The number of hydrogen-bond donors (Lipinski definition) is 2. The van der Waals surface area contributed by atoms with Crippen molar-refractivity contribution in [3.8, 4) is 0 Å². The number of hydrogen-bond acceptors (Lipinski definition) is 5. The van der Waals surface area contributed by atoms with E-state index in [2.05, 4.69) is 10.0 Å². The zero-order chi connectivity index (χ0) is 22.4. The second-order valence-electron chi connectivity index (χ2n) is 7.34. The first-order valence-electron chi connectivity index (χ1n) is 9.79. The van der Waals surface area contributed by atoms with Crippen LogP contribution in [0.25, 0.3) is 10.8 Å². The topological polar surface area (TPSA) is 102 Å². The number of rotatable bonds is 8. The zero-order valence-electron chi connectivity index (χ0n) is 17.2. The fourth-order valence-electron chi connectivity index (χ4n) is 3.04. The van der Waals surface area contributed by atoms with E-state index in [1.165, 1.54) is 12.1 Å². The van der Waals surface area contributed by atoms with Crippen LogP contribution in [0.4, 0.5) is 5.69 Å². The number of amides is 1. The number of fused-ring (bicyclic) bond motifs is 1. The quantitative estimate of drug-likeness (QED) is 0.523. The molecule has 0 aliphatic carbocycles. The molecule has 0 heterocycles. The van der Waals surface area contributed by atoms with Crippen molar-refractivity contribution in [1.29, 1.82) is 0 Å². The molecule has 0 spiro atoms. The van der Waals surface area contributed by atoms with Gasteiger partial charge in [-0.05, 0) is 29.5 Å². The monoisotopic (exact) mass is 440 g/mol. The third-order valence-corrected chi connectivity index (χ3v) is 6.12. The van der Waals surface area contributed by atoms with Gasteiger partial charge in [0.1, 0.15) is 6.04 Å². The molecule has 3 rings (SSSR count). The van der Waals surface area contributed by atoms with Crippen LogP contribution in [0.2, 0.25) is 0 Å². The first-order chi connectivity index (χ1) is 14.8. The van der Waals surface area contributed by atoms with Gasteiger partial charge in [0.25, 0.3) is 5.91 Å². The van der Waals surface area contributed by atoms with Crippen LogP contribution < -0.4 is 10.0 Å². The summed E-state index contributed by atoms with van der Waals surface area (Å²) >= 11 is 0. The molecule has 31 heavy (non-hydrogen) atoms. The summed E-state index contributed by atoms with van der Waals surface area (Å²) in [5.74, 6) is -1.71. The number of benzene rings is 3. The predicted octanol–water partition coefficient (Wildman–Crippen LogP) is 3.32. The third kappa shape index (κ3) is 5.68. The number of ether oxygens (including phenoxy) is 1. The van der Waals surface area contributed by atoms with Crippen LogP contribution in [-0.2, 0) is 24.3 Å². The summed E-state index contributed by atoms with van der Waals surface area (Å²) in [6.45, 7) is 2.85. The average molecular weight is 441 g/mol. The molecular formula is C23H24N2O5S. The van der Waals surface area contributed by atoms with Gasteiger partial charge in [0, 0.05) is 11.1 Å². The Morgan fingerprint density at radius 2 is 1.55 bits per heavy atom. The summed E-state index contributed by atoms with van der Waals surface area (Å²) in [5.41, 5.74) is 0.601. The fraction of sp³-hybridized carbons (Fsp3) is 0.217. The molecule has 0 saturated heterocycles. The van der Waals surface area contributed by atoms with Crippen molar-refractivity contribution in [1.82, 2.24) is 4.72 Å². The molecule has 1 atom stereocenters. The molecular weight excluding hydrogens is 416 g/mol. The van der Waals surface area contributed by atoms with Gasteiger partial charge >= 0.3 is 5.97 Å². The molecule has 0 radical (unpaired) electrons. The van der Waals surface area contributed by atoms with Gasteiger partial charge in [0.2, 0.25) is 10.0 Å². The highest BCUT2D eigenvalue weighted by molar-refractivity contribution is 7.89. The molecule has 8 heteroatoms. The lowest BCUT2D eigenvalue weighted by atomic mass is 10.1. The van der Waals surface area contributed by atoms with Gasteiger partial charge in [-0.2, -0.15) is 4.72 Å². The smallest absolute Gasteiger partial charge is 0.324 e. The summed E-state index contributed by atoms with van der Waals surface area (Å²) in [6, 6.07) is 19.7. The van der Waals surface area contributed by atoms with Crippen LogP contribution in [0.15, 0.2) is 77.7 Å². The van der Waals surface area contributed by atoms with Crippen molar-refractivity contribution < 1.29 is 22.7 Å². The number of carbonyl (C=O) groups is 2. The molecule has 3 aromatic rings. The number of anilines is 1. The molecule has 3 aromatic carbocycles. The molecule has 7 nitrogen and oxygen atoms in total. The molecule has 0 aliphatic heterocycles. The Labute approximate surface area is 181 Å². The number of nitrogens with one attached hydrogen (secondary N) is 2. The highest BCUT2D eigenvalue weighted by atomic mass is 32.2. The predicted molar refractivity (Wildman–Crippen MR) is 119 cm³/mol. The van der Waals surface area contributed by atoms with Gasteiger partial charge in [-0.3, -0.25) is 9.59 Å². The Morgan fingerprint density at radius 1 is 0.903 bits per heavy atom. The van der Waals surface area contributed by atoms with Crippen molar-refractivity contribution >= 4 is 38.4 Å². The maximum Gasteiger partial charge on any atom is 0.324 e. The Balaban J connectivity index is 1.64. The summed E-state index contributed by atoms with van der Waals surface area (Å²) in [5, 5.41) is 4.55. The molecule has 0 fully saturated rings. The Kier molecular flexibility index (Phi) is 7.04. The van der Waals surface area contributed by atoms with Crippen LogP contribution in [0, 0.1) is 5.92 Å². The van der Waals surface area contributed by atoms with Crippen LogP contribution in [0.5, 0.6) is 0 Å². The maximum atomic E-state index is 12.6. The van der Waals surface area contributed by atoms with Crippen molar-refractivity contribution in [3.05, 3.63) is 72.8 Å². The summed E-state index contributed by atoms with van der Waals surface area (Å²) in [4.78, 5) is 24.9. The molecule has 0 aliphatic rings. The second-order valence-corrected chi connectivity index (χ2v) is 9.05. The average Bonchev–Trinajstić information content (AvgIpc) is 2.76. The first-order valence-corrected chi connectivity index (χ1v) is 11.3. The third-order valence-electron chi connectivity index (χ3n) is 4.67. The number of esters is 1. The molecule has 1 amide bonds. The van der Waals surface area contributed by atoms with E-state index in [1.807, 2.05) is 36.4 Å². The van der Waals surface area contributed by atoms with Crippen LogP contribution in [0.1, 0.15) is 13.8 Å². The van der Waals surface area contributed by atoms with Gasteiger partial charge in [0.15, 0.2) is 6.61 Å². The van der Waals surface area contributed by atoms with Crippen molar-refractivity contribution in [2.75, 3.05) is 11.9 Å². The van der Waals surface area contributed by atoms with E-state index in [1.54, 1.807) is 38.1 Å². The van der Waals surface area contributed by atoms with E-state index >= 15 is 0 Å². The lowest BCUT2D eigenvalue weighted by Gasteiger charge is -2.20. The van der Waals surface area contributed by atoms with E-state index < -0.39 is 34.5 Å². The van der Waals surface area contributed by atoms with Crippen LogP contribution in [0.3, 0.4) is 0 Å². The van der Waals surface area contributed by atoms with Gasteiger partial charge in [0.05, 0.1) is 4.90 Å². The number of carbonyl (C=O) groups excluding carboxylic acids is 2. The van der Waals surface area contributed by atoms with E-state index in [9.17, 15) is 18.0 Å². The lowest BCUT2D eigenvalue weighted by molar-refractivity contribution is -0.150. The van der Waals surface area contributed by atoms with Crippen LogP contribution in [-0.4, -0.2) is 32.9 Å². The standard InChI is InChI=1S/C23H24N2O5S/c1-16(2)22(25-31(28,29)18-11-4-3-5-12-18)23(27)30-15-21(26)24-20-14-8-10-17-9-6-7-13-19(17)20/h3-14,16,22,25H,15H2,1-2H3,(H,24,26)/t22-/m0/s1. The highest BCUT2D eigenvalue weighted by Gasteiger charge is 2.30. The zero-order valence-corrected chi connectivity index (χ0v) is 18.1. The van der Waals surface area contributed by atoms with Gasteiger partial charge in [-0.1, -0.05) is 68.4 Å². The largest absolute Gasteiger partial charge is 0.454 e. The molecule has 0 saturated carbocycles. The fourth-order valence-corrected chi connectivity index (χ4v) is 4.39. The Morgan fingerprint density at radius 3 is 2.26 bits per heavy atom.